The number of benzene rings is 1. The highest BCUT2D eigenvalue weighted by atomic mass is 32.2. The number of carbonyl (C=O) groups is 2. The van der Waals surface area contributed by atoms with Gasteiger partial charge in [0.25, 0.3) is 0 Å². The predicted octanol–water partition coefficient (Wildman–Crippen LogP) is 0.436. The maximum atomic E-state index is 11.8. The summed E-state index contributed by atoms with van der Waals surface area (Å²) in [7, 11) is -3.06. The molecule has 0 spiro atoms. The Bertz CT molecular complexity index is 621. The normalized spacial score (nSPS) is 20.5. The molecule has 0 aromatic heterocycles. The Morgan fingerprint density at radius 1 is 1.25 bits per heavy atom. The van der Waals surface area contributed by atoms with Crippen molar-refractivity contribution < 1.29 is 23.1 Å². The molecule has 2 rings (SSSR count). The molecule has 1 atom stereocenters. The highest BCUT2D eigenvalue weighted by Crippen LogP contribution is 2.18. The van der Waals surface area contributed by atoms with E-state index in [2.05, 4.69) is 5.32 Å². The van der Waals surface area contributed by atoms with Gasteiger partial charge in [0.15, 0.2) is 9.84 Å². The number of sulfone groups is 1. The summed E-state index contributed by atoms with van der Waals surface area (Å²) in [6.07, 6.45) is 0.367. The van der Waals surface area contributed by atoms with Crippen molar-refractivity contribution in [2.75, 3.05) is 11.5 Å². The zero-order chi connectivity index (χ0) is 14.8. The number of nitrogens with one attached hydrogen (secondary N) is 1. The van der Waals surface area contributed by atoms with E-state index in [-0.39, 0.29) is 29.5 Å². The van der Waals surface area contributed by atoms with Crippen LogP contribution in [0.25, 0.3) is 0 Å². The quantitative estimate of drug-likeness (QED) is 0.839. The van der Waals surface area contributed by atoms with Crippen LogP contribution in [0.2, 0.25) is 0 Å². The first-order chi connectivity index (χ1) is 9.37. The average Bonchev–Trinajstić information content (AvgIpc) is 2.77. The minimum Gasteiger partial charge on any atom is -0.478 e. The summed E-state index contributed by atoms with van der Waals surface area (Å²) >= 11 is 0. The maximum absolute atomic E-state index is 11.8. The molecular formula is C13H15NO5S. The molecule has 0 radical (unpaired) electrons. The number of hydrogen-bond acceptors (Lipinski definition) is 4. The lowest BCUT2D eigenvalue weighted by Crippen LogP contribution is -2.30. The van der Waals surface area contributed by atoms with Crippen LogP contribution in [0.15, 0.2) is 24.3 Å². The van der Waals surface area contributed by atoms with Crippen LogP contribution in [-0.2, 0) is 21.2 Å². The number of hydrogen-bond donors (Lipinski definition) is 2. The molecule has 2 N–H and O–H groups in total. The van der Waals surface area contributed by atoms with Gasteiger partial charge in [0.2, 0.25) is 5.91 Å². The van der Waals surface area contributed by atoms with Crippen LogP contribution in [0.3, 0.4) is 0 Å². The number of rotatable bonds is 4. The van der Waals surface area contributed by atoms with Crippen molar-refractivity contribution in [1.82, 2.24) is 5.32 Å². The summed E-state index contributed by atoms with van der Waals surface area (Å²) < 4.78 is 22.6. The third-order valence-electron chi connectivity index (χ3n) is 3.27. The molecule has 0 bridgehead atoms. The van der Waals surface area contributed by atoms with Crippen LogP contribution in [0.1, 0.15) is 22.3 Å². The fraction of sp³-hybridized carbons (Fsp3) is 0.385. The van der Waals surface area contributed by atoms with Crippen molar-refractivity contribution in [1.29, 1.82) is 0 Å². The van der Waals surface area contributed by atoms with E-state index in [9.17, 15) is 18.0 Å². The number of aromatic carboxylic acids is 1. The fourth-order valence-electron chi connectivity index (χ4n) is 2.10. The van der Waals surface area contributed by atoms with E-state index in [0.717, 1.165) is 5.56 Å². The monoisotopic (exact) mass is 297 g/mol. The van der Waals surface area contributed by atoms with Gasteiger partial charge in [-0.1, -0.05) is 12.1 Å². The summed E-state index contributed by atoms with van der Waals surface area (Å²) in [5, 5.41) is 11.4. The number of carbonyl (C=O) groups excluding carboxylic acids is 1. The van der Waals surface area contributed by atoms with Gasteiger partial charge in [-0.05, 0) is 24.1 Å². The second-order valence-corrected chi connectivity index (χ2v) is 7.05. The van der Waals surface area contributed by atoms with Gasteiger partial charge in [-0.2, -0.15) is 0 Å². The summed E-state index contributed by atoms with van der Waals surface area (Å²) in [4.78, 5) is 22.5. The second kappa shape index (κ2) is 5.62. The lowest BCUT2D eigenvalue weighted by atomic mass is 10.1. The minimum atomic E-state index is -3.06. The number of carboxylic acids is 1. The van der Waals surface area contributed by atoms with Gasteiger partial charge in [0.1, 0.15) is 0 Å². The lowest BCUT2D eigenvalue weighted by Gasteiger charge is -2.09. The molecule has 108 valence electrons. The van der Waals surface area contributed by atoms with Crippen molar-refractivity contribution in [2.45, 2.75) is 13.0 Å². The Balaban J connectivity index is 1.89. The molecular weight excluding hydrogens is 282 g/mol. The molecule has 1 aromatic carbocycles. The van der Waals surface area contributed by atoms with Crippen LogP contribution in [0.4, 0.5) is 0 Å². The van der Waals surface area contributed by atoms with Gasteiger partial charge in [-0.15, -0.1) is 0 Å². The molecule has 1 aliphatic rings. The summed E-state index contributed by atoms with van der Waals surface area (Å²) in [5.41, 5.74) is 0.950. The van der Waals surface area contributed by atoms with Crippen LogP contribution in [-0.4, -0.2) is 36.9 Å². The first-order valence-electron chi connectivity index (χ1n) is 6.18. The van der Waals surface area contributed by atoms with Crippen LogP contribution < -0.4 is 5.32 Å². The topological polar surface area (TPSA) is 101 Å². The Morgan fingerprint density at radius 2 is 1.90 bits per heavy atom. The minimum absolute atomic E-state index is 0.0679. The molecule has 1 fully saturated rings. The smallest absolute Gasteiger partial charge is 0.335 e. The average molecular weight is 297 g/mol. The van der Waals surface area contributed by atoms with Gasteiger partial charge in [0.05, 0.1) is 23.0 Å². The Hall–Kier alpha value is -1.89. The van der Waals surface area contributed by atoms with E-state index >= 15 is 0 Å². The van der Waals surface area contributed by atoms with E-state index in [1.165, 1.54) is 12.1 Å². The molecule has 20 heavy (non-hydrogen) atoms. The molecule has 1 saturated heterocycles. The van der Waals surface area contributed by atoms with Crippen molar-refractivity contribution in [3.05, 3.63) is 35.4 Å². The third kappa shape index (κ3) is 3.57. The second-order valence-electron chi connectivity index (χ2n) is 4.82. The maximum Gasteiger partial charge on any atom is 0.335 e. The summed E-state index contributed by atoms with van der Waals surface area (Å²) in [6.45, 7) is 0.259. The van der Waals surface area contributed by atoms with Gasteiger partial charge >= 0.3 is 5.97 Å². The Kier molecular flexibility index (Phi) is 4.08. The van der Waals surface area contributed by atoms with E-state index < -0.39 is 21.7 Å². The van der Waals surface area contributed by atoms with Gasteiger partial charge in [-0.3, -0.25) is 4.79 Å². The Morgan fingerprint density at radius 3 is 2.40 bits per heavy atom. The van der Waals surface area contributed by atoms with E-state index in [1.54, 1.807) is 12.1 Å². The molecule has 1 aromatic rings. The zero-order valence-electron chi connectivity index (χ0n) is 10.7. The van der Waals surface area contributed by atoms with Gasteiger partial charge < -0.3 is 10.4 Å². The number of carboxylic acid groups (broad SMARTS) is 1. The highest BCUT2D eigenvalue weighted by molar-refractivity contribution is 7.91. The molecule has 1 amide bonds. The molecule has 0 aliphatic carbocycles. The molecule has 1 aliphatic heterocycles. The summed E-state index contributed by atoms with van der Waals surface area (Å²) in [5.74, 6) is -1.77. The van der Waals surface area contributed by atoms with Crippen LogP contribution in [0.5, 0.6) is 0 Å². The molecule has 1 heterocycles. The van der Waals surface area contributed by atoms with Crippen molar-refractivity contribution in [2.24, 2.45) is 5.92 Å². The SMILES string of the molecule is O=C(O)c1ccc(CNC(=O)[C@@H]2CCS(=O)(=O)C2)cc1. The van der Waals surface area contributed by atoms with Crippen molar-refractivity contribution >= 4 is 21.7 Å². The molecule has 0 unspecified atom stereocenters. The largest absolute Gasteiger partial charge is 0.478 e. The molecule has 0 saturated carbocycles. The van der Waals surface area contributed by atoms with Crippen LogP contribution in [0, 0.1) is 5.92 Å². The summed E-state index contributed by atoms with van der Waals surface area (Å²) in [6, 6.07) is 6.16. The van der Waals surface area contributed by atoms with Gasteiger partial charge in [-0.25, -0.2) is 13.2 Å². The van der Waals surface area contributed by atoms with Crippen molar-refractivity contribution in [3.8, 4) is 0 Å². The highest BCUT2D eigenvalue weighted by Gasteiger charge is 2.32. The van der Waals surface area contributed by atoms with E-state index in [4.69, 9.17) is 5.11 Å². The van der Waals surface area contributed by atoms with E-state index in [0.29, 0.717) is 6.42 Å². The van der Waals surface area contributed by atoms with Gasteiger partial charge in [0, 0.05) is 6.54 Å². The zero-order valence-corrected chi connectivity index (χ0v) is 11.5. The van der Waals surface area contributed by atoms with Crippen molar-refractivity contribution in [3.63, 3.8) is 0 Å². The van der Waals surface area contributed by atoms with Crippen LogP contribution >= 0.6 is 0 Å². The Labute approximate surface area is 116 Å². The third-order valence-corrected chi connectivity index (χ3v) is 5.04. The standard InChI is InChI=1S/C13H15NO5S/c15-12(11-5-6-20(18,19)8-11)14-7-9-1-3-10(4-2-9)13(16)17/h1-4,11H,5-8H2,(H,14,15)(H,16,17)/t11-/m1/s1. The fourth-order valence-corrected chi connectivity index (χ4v) is 3.84. The van der Waals surface area contributed by atoms with E-state index in [1.807, 2.05) is 0 Å². The molecule has 7 heteroatoms. The number of amides is 1. The molecule has 6 nitrogen and oxygen atoms in total. The predicted molar refractivity (Wildman–Crippen MR) is 72.0 cm³/mol. The first kappa shape index (κ1) is 14.5. The first-order valence-corrected chi connectivity index (χ1v) is 8.00. The lowest BCUT2D eigenvalue weighted by molar-refractivity contribution is -0.124.